The Morgan fingerprint density at radius 1 is 0.430 bits per heavy atom. The van der Waals surface area contributed by atoms with E-state index in [-0.39, 0.29) is 56.8 Å². The zero-order valence-electron chi connectivity index (χ0n) is 63.9. The summed E-state index contributed by atoms with van der Waals surface area (Å²) in [5.74, 6) is -6.71. The average molecular weight is 1610 g/mol. The van der Waals surface area contributed by atoms with Gasteiger partial charge in [0.2, 0.25) is 0 Å². The number of thiophene rings is 6. The summed E-state index contributed by atoms with van der Waals surface area (Å²) in [6, 6.07) is 55.0. The van der Waals surface area contributed by atoms with Crippen molar-refractivity contribution in [3.63, 3.8) is 0 Å². The Hall–Kier alpha value is -9.98. The van der Waals surface area contributed by atoms with Crippen molar-refractivity contribution in [3.05, 3.63) is 307 Å². The van der Waals surface area contributed by atoms with Gasteiger partial charge in [-0.2, -0.15) is 0 Å². The van der Waals surface area contributed by atoms with Gasteiger partial charge in [0.1, 0.15) is 0 Å². The summed E-state index contributed by atoms with van der Waals surface area (Å²) < 4.78 is 68.9. The summed E-state index contributed by atoms with van der Waals surface area (Å²) in [4.78, 5) is 39.9. The molecule has 4 aliphatic rings. The number of hydrogen-bond donors (Lipinski definition) is 0. The normalized spacial score (nSPS) is 16.0. The number of hydrogen-bond acceptors (Lipinski definition) is 10. The van der Waals surface area contributed by atoms with Crippen LogP contribution in [0, 0.1) is 65.0 Å². The Bertz CT molecular complexity index is 6220. The lowest BCUT2D eigenvalue weighted by Crippen LogP contribution is -2.30. The van der Waals surface area contributed by atoms with Crippen LogP contribution in [0.5, 0.6) is 0 Å². The van der Waals surface area contributed by atoms with Crippen LogP contribution in [0.15, 0.2) is 163 Å². The van der Waals surface area contributed by atoms with Crippen molar-refractivity contribution in [2.75, 3.05) is 0 Å². The van der Waals surface area contributed by atoms with E-state index in [1.165, 1.54) is 96.0 Å². The van der Waals surface area contributed by atoms with Crippen LogP contribution >= 0.6 is 68.0 Å². The van der Waals surface area contributed by atoms with Crippen molar-refractivity contribution >= 4 is 134 Å². The molecule has 6 heterocycles. The van der Waals surface area contributed by atoms with Gasteiger partial charge in [-0.05, 0) is 196 Å². The minimum atomic E-state index is -1.19. The Morgan fingerprint density at radius 2 is 0.825 bits per heavy atom. The average Bonchev–Trinajstić information content (AvgIpc) is 1.48. The molecule has 4 aliphatic carbocycles. The van der Waals surface area contributed by atoms with E-state index in [9.17, 15) is 20.1 Å². The van der Waals surface area contributed by atoms with Gasteiger partial charge in [-0.1, -0.05) is 202 Å². The number of aryl methyl sites for hydroxylation is 4. The molecule has 114 heavy (non-hydrogen) atoms. The van der Waals surface area contributed by atoms with Gasteiger partial charge in [-0.25, -0.2) is 37.8 Å². The smallest absolute Gasteiger partial charge is 0.270 e. The molecule has 0 saturated heterocycles. The quantitative estimate of drug-likeness (QED) is 0.0169. The predicted molar refractivity (Wildman–Crippen MR) is 465 cm³/mol. The van der Waals surface area contributed by atoms with Crippen molar-refractivity contribution in [1.82, 2.24) is 0 Å². The third kappa shape index (κ3) is 12.7. The maximum Gasteiger partial charge on any atom is 0.270 e. The summed E-state index contributed by atoms with van der Waals surface area (Å²) in [6.45, 7) is 25.0. The van der Waals surface area contributed by atoms with Crippen LogP contribution in [0.4, 0.5) is 17.6 Å². The molecule has 0 N–H and O–H groups in total. The number of unbranched alkanes of at least 4 members (excludes halogenated alkanes) is 12. The maximum atomic E-state index is 15.1. The number of benzene rings is 7. The zero-order chi connectivity index (χ0) is 78.8. The topological polar surface area (TPSA) is 90.4 Å². The number of ketones is 2. The van der Waals surface area contributed by atoms with E-state index in [1.807, 2.05) is 23.5 Å². The first kappa shape index (κ1) is 76.6. The lowest BCUT2D eigenvalue weighted by molar-refractivity contribution is 0.0957. The second-order valence-electron chi connectivity index (χ2n) is 30.9. The predicted octanol–water partition coefficient (Wildman–Crippen LogP) is 29.1. The fourth-order valence-corrected chi connectivity index (χ4v) is 27.3. The standard InChI is InChI=1S/C98H80F4N4O2S6/c1-7-11-15-19-23-55-27-35-59(36-28-55)97(60-37-29-56(30-38-60)24-20-16-12-8-2)73-47-70-74(48-69(73)89-85(97)93-95(113-89)91-81(111-93)45-63(109-91)43-71-83(79(53-103)105-5)65-49-75(99)77(101)51-67(65)87(71)107)98(61-39-31-57(32-40-61)25-21-17-13-9-3,62-41-33-58(34-42-62)26-22-18-14-10-4)86-90(70)114-96-92-82(112-94(86)96)46-64(110-92)44-72-84(80(54-104)106-6)66-50-76(100)78(102)52-68(66)88(72)108/h27-43,45-52,72H,7-26,44H2,1-4H3/b71-43-,83-79?,84-80+. The van der Waals surface area contributed by atoms with E-state index >= 15 is 17.6 Å². The molecule has 0 radical (unpaired) electrons. The molecule has 13 aromatic rings. The van der Waals surface area contributed by atoms with Gasteiger partial charge in [0.25, 0.3) is 11.4 Å². The third-order valence-electron chi connectivity index (χ3n) is 24.0. The molecule has 0 spiro atoms. The van der Waals surface area contributed by atoms with Crippen molar-refractivity contribution in [2.45, 2.75) is 173 Å². The van der Waals surface area contributed by atoms with Crippen molar-refractivity contribution < 1.29 is 27.2 Å². The lowest BCUT2D eigenvalue weighted by Gasteiger charge is -2.36. The van der Waals surface area contributed by atoms with Crippen LogP contribution in [-0.4, -0.2) is 11.6 Å². The van der Waals surface area contributed by atoms with Crippen molar-refractivity contribution in [2.24, 2.45) is 5.92 Å². The van der Waals surface area contributed by atoms with Crippen molar-refractivity contribution in [3.8, 4) is 33.0 Å². The second kappa shape index (κ2) is 31.7. The van der Waals surface area contributed by atoms with Crippen LogP contribution in [0.25, 0.3) is 85.4 Å². The molecule has 0 aliphatic heterocycles. The first-order chi connectivity index (χ1) is 55.6. The van der Waals surface area contributed by atoms with Gasteiger partial charge in [-0.15, -0.1) is 68.0 Å². The summed E-state index contributed by atoms with van der Waals surface area (Å²) >= 11 is 10.2. The molecule has 7 aromatic carbocycles. The third-order valence-corrected chi connectivity index (χ3v) is 31.9. The highest BCUT2D eigenvalue weighted by atomic mass is 32.1. The molecular formula is C98H80F4N4O2S6. The van der Waals surface area contributed by atoms with Crippen molar-refractivity contribution in [1.29, 1.82) is 10.5 Å². The molecule has 1 unspecified atom stereocenters. The van der Waals surface area contributed by atoms with E-state index in [1.54, 1.807) is 51.4 Å². The highest BCUT2D eigenvalue weighted by Gasteiger charge is 2.55. The Labute approximate surface area is 686 Å². The van der Waals surface area contributed by atoms with Gasteiger partial charge < -0.3 is 0 Å². The molecule has 0 amide bonds. The fourth-order valence-electron chi connectivity index (χ4n) is 18.5. The summed E-state index contributed by atoms with van der Waals surface area (Å²) in [6.07, 6.45) is 24.0. The first-order valence-corrected chi connectivity index (χ1v) is 44.9. The minimum absolute atomic E-state index is 0.00404. The van der Waals surface area contributed by atoms with Crippen LogP contribution in [0.1, 0.15) is 239 Å². The van der Waals surface area contributed by atoms with Gasteiger partial charge in [-0.3, -0.25) is 9.59 Å². The van der Waals surface area contributed by atoms with Crippen LogP contribution in [0.3, 0.4) is 0 Å². The number of halogens is 4. The van der Waals surface area contributed by atoms with Gasteiger partial charge in [0.15, 0.2) is 34.8 Å². The van der Waals surface area contributed by atoms with Crippen LogP contribution < -0.4 is 0 Å². The number of carbonyl (C=O) groups excluding carboxylic acids is 2. The number of allylic oxidation sites excluding steroid dienone is 5. The summed E-state index contributed by atoms with van der Waals surface area (Å²) in [5, 5.41) is 20.7. The van der Waals surface area contributed by atoms with Gasteiger partial charge >= 0.3 is 0 Å². The van der Waals surface area contributed by atoms with Gasteiger partial charge in [0.05, 0.1) is 64.3 Å². The van der Waals surface area contributed by atoms with Gasteiger partial charge in [0, 0.05) is 68.2 Å². The fraction of sp³-hybridized carbons (Fsp3) is 0.286. The van der Waals surface area contributed by atoms with Crippen LogP contribution in [0.2, 0.25) is 0 Å². The summed E-state index contributed by atoms with van der Waals surface area (Å²) in [7, 11) is 0. The zero-order valence-corrected chi connectivity index (χ0v) is 68.8. The molecule has 0 bridgehead atoms. The Morgan fingerprint density at radius 3 is 1.24 bits per heavy atom. The SMILES string of the molecule is [C-]#[N+]C(C#N)=C1/C(=C/c2cc3sc4c5c(sc4c3s2)-c2cc3c(cc2C5(c2ccc(CCCCCC)cc2)c2ccc(CCCCCC)cc2)-c2sc4c(sc5cc(CC6C(=O)c7cc(F)c(F)cc7/C6=C(/C#N)[N+]#[C-])sc54)c2C3(c2ccc(CCCCCC)cc2)c2ccc(CCCCCC)cc2)C(=O)c2cc(F)c(F)cc21. The molecule has 17 rings (SSSR count). The van der Waals surface area contributed by atoms with Crippen LogP contribution in [-0.2, 0) is 42.9 Å². The lowest BCUT2D eigenvalue weighted by atomic mass is 9.65. The molecule has 0 fully saturated rings. The number of rotatable bonds is 27. The molecule has 568 valence electrons. The molecule has 6 nitrogen and oxygen atoms in total. The Kier molecular flexibility index (Phi) is 21.3. The molecule has 6 aromatic heterocycles. The second-order valence-corrected chi connectivity index (χ2v) is 37.3. The number of carbonyl (C=O) groups is 2. The Balaban J connectivity index is 0.922. The molecule has 16 heteroatoms. The van der Waals surface area contributed by atoms with E-state index < -0.39 is 51.6 Å². The highest BCUT2D eigenvalue weighted by molar-refractivity contribution is 7.40. The highest BCUT2D eigenvalue weighted by Crippen LogP contribution is 2.69. The van der Waals surface area contributed by atoms with E-state index in [0.29, 0.717) is 4.88 Å². The first-order valence-electron chi connectivity index (χ1n) is 40.0. The monoisotopic (exact) mass is 1610 g/mol. The maximum absolute atomic E-state index is 15.1. The molecule has 1 atom stereocenters. The number of nitrogens with zero attached hydrogens (tertiary/aromatic N) is 4. The number of Topliss-reactive ketones (excluding diaryl/α,β-unsaturated/α-hetero) is 2. The van der Waals surface area contributed by atoms with E-state index in [4.69, 9.17) is 13.1 Å². The minimum Gasteiger partial charge on any atom is -0.294 e. The number of fused-ring (bicyclic) bond motifs is 16. The molecular weight excluding hydrogens is 1530 g/mol. The largest absolute Gasteiger partial charge is 0.294 e. The van der Waals surface area contributed by atoms with E-state index in [2.05, 4.69) is 159 Å². The summed E-state index contributed by atoms with van der Waals surface area (Å²) in [5.41, 5.74) is 14.6. The number of nitriles is 2. The molecule has 0 saturated carbocycles. The van der Waals surface area contributed by atoms with E-state index in [0.717, 1.165) is 198 Å².